The van der Waals surface area contributed by atoms with Crippen LogP contribution in [-0.4, -0.2) is 49.6 Å². The van der Waals surface area contributed by atoms with Gasteiger partial charge in [-0.3, -0.25) is 9.69 Å². The number of carbonyl (C=O) groups excluding carboxylic acids is 1. The van der Waals surface area contributed by atoms with Crippen LogP contribution in [0, 0.1) is 5.82 Å². The Balaban J connectivity index is 1.42. The zero-order valence-electron chi connectivity index (χ0n) is 16.8. The third-order valence-corrected chi connectivity index (χ3v) is 6.28. The van der Waals surface area contributed by atoms with E-state index in [-0.39, 0.29) is 23.8 Å². The first kappa shape index (κ1) is 20.9. The first-order valence-electron chi connectivity index (χ1n) is 9.79. The molecule has 1 aliphatic heterocycles. The van der Waals surface area contributed by atoms with Crippen LogP contribution in [0.5, 0.6) is 0 Å². The predicted molar refractivity (Wildman–Crippen MR) is 119 cm³/mol. The minimum Gasteiger partial charge on any atom is -0.334 e. The molecule has 1 aromatic heterocycles. The molecular formula is C22H22ClFN4OS. The van der Waals surface area contributed by atoms with Gasteiger partial charge in [-0.05, 0) is 55.3 Å². The number of hydrogen-bond acceptors (Lipinski definition) is 5. The van der Waals surface area contributed by atoms with Crippen molar-refractivity contribution in [3.05, 3.63) is 64.4 Å². The first-order chi connectivity index (χ1) is 14.4. The normalized spacial score (nSPS) is 20.3. The molecule has 0 spiro atoms. The number of rotatable bonds is 4. The van der Waals surface area contributed by atoms with Crippen molar-refractivity contribution in [2.45, 2.75) is 32.5 Å². The van der Waals surface area contributed by atoms with Gasteiger partial charge in [0.25, 0.3) is 0 Å². The lowest BCUT2D eigenvalue weighted by molar-refractivity contribution is -0.131. The molecule has 1 aliphatic rings. The SMILES string of the molecule is C[C@@H]1CN(C(=O)C=Cc2cc(Cl)c3nsnc3c2)[C@@H](C)CN1Cc1ccc(F)cc1. The van der Waals surface area contributed by atoms with Crippen LogP contribution >= 0.6 is 23.3 Å². The van der Waals surface area contributed by atoms with Crippen LogP contribution in [0.2, 0.25) is 5.02 Å². The average Bonchev–Trinajstić information content (AvgIpc) is 3.19. The average molecular weight is 445 g/mol. The predicted octanol–water partition coefficient (Wildman–Crippen LogP) is 4.62. The summed E-state index contributed by atoms with van der Waals surface area (Å²) in [5.74, 6) is -0.253. The molecule has 0 N–H and O–H groups in total. The number of benzene rings is 2. The second kappa shape index (κ2) is 8.79. The van der Waals surface area contributed by atoms with E-state index in [1.807, 2.05) is 23.1 Å². The molecule has 0 bridgehead atoms. The van der Waals surface area contributed by atoms with E-state index < -0.39 is 0 Å². The van der Waals surface area contributed by atoms with Gasteiger partial charge >= 0.3 is 0 Å². The molecule has 2 aromatic carbocycles. The summed E-state index contributed by atoms with van der Waals surface area (Å²) in [6, 6.07) is 10.5. The van der Waals surface area contributed by atoms with Gasteiger partial charge in [-0.25, -0.2) is 4.39 Å². The van der Waals surface area contributed by atoms with Gasteiger partial charge in [-0.1, -0.05) is 23.7 Å². The van der Waals surface area contributed by atoms with Gasteiger partial charge in [-0.15, -0.1) is 0 Å². The van der Waals surface area contributed by atoms with Gasteiger partial charge in [-0.2, -0.15) is 8.75 Å². The molecule has 30 heavy (non-hydrogen) atoms. The summed E-state index contributed by atoms with van der Waals surface area (Å²) in [6.45, 7) is 6.31. The van der Waals surface area contributed by atoms with Gasteiger partial charge in [0.15, 0.2) is 0 Å². The summed E-state index contributed by atoms with van der Waals surface area (Å²) in [4.78, 5) is 17.1. The number of aromatic nitrogens is 2. The number of amides is 1. The summed E-state index contributed by atoms with van der Waals surface area (Å²) >= 11 is 7.37. The van der Waals surface area contributed by atoms with Crippen molar-refractivity contribution in [1.82, 2.24) is 18.5 Å². The molecule has 3 aromatic rings. The lowest BCUT2D eigenvalue weighted by Crippen LogP contribution is -2.57. The Morgan fingerprint density at radius 1 is 1.20 bits per heavy atom. The van der Waals surface area contributed by atoms with Crippen LogP contribution in [0.25, 0.3) is 17.1 Å². The molecule has 2 atom stereocenters. The highest BCUT2D eigenvalue weighted by Crippen LogP contribution is 2.25. The third kappa shape index (κ3) is 4.53. The molecule has 0 unspecified atom stereocenters. The lowest BCUT2D eigenvalue weighted by atomic mass is 10.1. The first-order valence-corrected chi connectivity index (χ1v) is 10.9. The Bertz CT molecular complexity index is 1080. The number of fused-ring (bicyclic) bond motifs is 1. The Hall–Kier alpha value is -2.35. The van der Waals surface area contributed by atoms with Gasteiger partial charge in [0.1, 0.15) is 16.9 Å². The summed E-state index contributed by atoms with van der Waals surface area (Å²) in [5, 5.41) is 0.532. The summed E-state index contributed by atoms with van der Waals surface area (Å²) in [5.41, 5.74) is 3.31. The standard InChI is InChI=1S/C22H22ClFN4OS/c1-14-12-28(15(2)11-27(14)13-16-3-6-18(24)7-4-16)21(29)8-5-17-9-19(23)22-20(10-17)25-30-26-22/h3-10,14-15H,11-13H2,1-2H3/t14-,15+/m1/s1. The van der Waals surface area contributed by atoms with Gasteiger partial charge in [0.2, 0.25) is 5.91 Å². The fourth-order valence-corrected chi connectivity index (χ4v) is 4.64. The maximum absolute atomic E-state index is 13.1. The molecule has 8 heteroatoms. The minimum atomic E-state index is -0.228. The molecule has 1 fully saturated rings. The highest BCUT2D eigenvalue weighted by atomic mass is 35.5. The van der Waals surface area contributed by atoms with E-state index in [0.717, 1.165) is 41.5 Å². The van der Waals surface area contributed by atoms with E-state index in [4.69, 9.17) is 11.6 Å². The molecule has 4 rings (SSSR count). The smallest absolute Gasteiger partial charge is 0.246 e. The third-order valence-electron chi connectivity index (χ3n) is 5.45. The molecule has 0 radical (unpaired) electrons. The molecular weight excluding hydrogens is 423 g/mol. The maximum atomic E-state index is 13.1. The summed E-state index contributed by atoms with van der Waals surface area (Å²) < 4.78 is 21.5. The number of halogens is 2. The van der Waals surface area contributed by atoms with E-state index >= 15 is 0 Å². The van der Waals surface area contributed by atoms with Crippen LogP contribution in [0.4, 0.5) is 4.39 Å². The minimum absolute atomic E-state index is 0.0246. The highest BCUT2D eigenvalue weighted by Gasteiger charge is 2.31. The quantitative estimate of drug-likeness (QED) is 0.551. The Morgan fingerprint density at radius 2 is 1.97 bits per heavy atom. The lowest BCUT2D eigenvalue weighted by Gasteiger charge is -2.44. The van der Waals surface area contributed by atoms with Crippen molar-refractivity contribution in [2.75, 3.05) is 13.1 Å². The van der Waals surface area contributed by atoms with Gasteiger partial charge < -0.3 is 4.90 Å². The fraction of sp³-hybridized carbons (Fsp3) is 0.318. The zero-order valence-corrected chi connectivity index (χ0v) is 18.3. The van der Waals surface area contributed by atoms with Crippen LogP contribution in [0.1, 0.15) is 25.0 Å². The number of carbonyl (C=O) groups is 1. The Labute approximate surface area is 184 Å². The molecule has 5 nitrogen and oxygen atoms in total. The second-order valence-corrected chi connectivity index (χ2v) is 8.65. The van der Waals surface area contributed by atoms with Crippen LogP contribution in [-0.2, 0) is 11.3 Å². The molecule has 156 valence electrons. The van der Waals surface area contributed by atoms with E-state index in [2.05, 4.69) is 27.5 Å². The zero-order chi connectivity index (χ0) is 21.3. The molecule has 1 saturated heterocycles. The van der Waals surface area contributed by atoms with Crippen molar-refractivity contribution < 1.29 is 9.18 Å². The number of nitrogens with zero attached hydrogens (tertiary/aromatic N) is 4. The van der Waals surface area contributed by atoms with E-state index in [9.17, 15) is 9.18 Å². The molecule has 0 saturated carbocycles. The van der Waals surface area contributed by atoms with Crippen molar-refractivity contribution in [1.29, 1.82) is 0 Å². The van der Waals surface area contributed by atoms with Crippen LogP contribution < -0.4 is 0 Å². The maximum Gasteiger partial charge on any atom is 0.246 e. The van der Waals surface area contributed by atoms with Crippen LogP contribution in [0.15, 0.2) is 42.5 Å². The molecule has 1 amide bonds. The van der Waals surface area contributed by atoms with Crippen LogP contribution in [0.3, 0.4) is 0 Å². The highest BCUT2D eigenvalue weighted by molar-refractivity contribution is 7.00. The van der Waals surface area contributed by atoms with Crippen molar-refractivity contribution >= 4 is 46.3 Å². The molecule has 0 aliphatic carbocycles. The monoisotopic (exact) mass is 444 g/mol. The fourth-order valence-electron chi connectivity index (χ4n) is 3.78. The number of hydrogen-bond donors (Lipinski definition) is 0. The summed E-state index contributed by atoms with van der Waals surface area (Å²) in [6.07, 6.45) is 3.37. The van der Waals surface area contributed by atoms with Crippen molar-refractivity contribution in [3.63, 3.8) is 0 Å². The van der Waals surface area contributed by atoms with Crippen molar-refractivity contribution in [3.8, 4) is 0 Å². The van der Waals surface area contributed by atoms with E-state index in [0.29, 0.717) is 17.1 Å². The summed E-state index contributed by atoms with van der Waals surface area (Å²) in [7, 11) is 0. The van der Waals surface area contributed by atoms with E-state index in [1.54, 1.807) is 18.2 Å². The molecule has 2 heterocycles. The topological polar surface area (TPSA) is 49.3 Å². The van der Waals surface area contributed by atoms with Crippen molar-refractivity contribution in [2.24, 2.45) is 0 Å². The number of piperazine rings is 1. The largest absolute Gasteiger partial charge is 0.334 e. The second-order valence-electron chi connectivity index (χ2n) is 7.71. The van der Waals surface area contributed by atoms with E-state index in [1.165, 1.54) is 12.1 Å². The Morgan fingerprint density at radius 3 is 2.73 bits per heavy atom. The van der Waals surface area contributed by atoms with Gasteiger partial charge in [0, 0.05) is 37.8 Å². The van der Waals surface area contributed by atoms with Gasteiger partial charge in [0.05, 0.1) is 16.8 Å². The Kier molecular flexibility index (Phi) is 6.13.